The van der Waals surface area contributed by atoms with Gasteiger partial charge in [-0.25, -0.2) is 0 Å². The summed E-state index contributed by atoms with van der Waals surface area (Å²) in [4.78, 5) is 18.9. The summed E-state index contributed by atoms with van der Waals surface area (Å²) in [6.45, 7) is 6.71. The van der Waals surface area contributed by atoms with E-state index in [1.807, 2.05) is 12.1 Å². The third kappa shape index (κ3) is 3.83. The minimum absolute atomic E-state index is 0.0295. The number of hydrogen-bond acceptors (Lipinski definition) is 5. The van der Waals surface area contributed by atoms with Crippen molar-refractivity contribution < 1.29 is 9.90 Å². The van der Waals surface area contributed by atoms with E-state index in [0.717, 1.165) is 51.1 Å². The van der Waals surface area contributed by atoms with Crippen molar-refractivity contribution in [2.24, 2.45) is 0 Å². The highest BCUT2D eigenvalue weighted by Crippen LogP contribution is 2.34. The van der Waals surface area contributed by atoms with Crippen LogP contribution in [0.2, 0.25) is 0 Å². The predicted octanol–water partition coefficient (Wildman–Crippen LogP) is 2.06. The van der Waals surface area contributed by atoms with Crippen molar-refractivity contribution in [1.82, 2.24) is 9.80 Å². The van der Waals surface area contributed by atoms with Gasteiger partial charge in [-0.1, -0.05) is 48.0 Å². The van der Waals surface area contributed by atoms with Crippen LogP contribution in [0.25, 0.3) is 0 Å². The zero-order valence-corrected chi connectivity index (χ0v) is 16.5. The molecule has 2 atom stereocenters. The van der Waals surface area contributed by atoms with Gasteiger partial charge in [-0.3, -0.25) is 14.6 Å². The molecule has 4 rings (SSSR count). The number of benzene rings is 2. The number of aryl methyl sites for hydroxylation is 1. The fourth-order valence-corrected chi connectivity index (χ4v) is 4.46. The number of rotatable bonds is 6. The molecule has 0 bridgehead atoms. The molecule has 2 aromatic carbocycles. The number of fused-ring (bicyclic) bond motifs is 1. The van der Waals surface area contributed by atoms with Gasteiger partial charge in [0.15, 0.2) is 6.29 Å². The van der Waals surface area contributed by atoms with E-state index < -0.39 is 0 Å². The van der Waals surface area contributed by atoms with Crippen molar-refractivity contribution >= 4 is 12.0 Å². The molecule has 1 N–H and O–H groups in total. The second-order valence-corrected chi connectivity index (χ2v) is 7.92. The standard InChI is InChI=1S/C23H29N3O2/c1-18-6-8-19(9-7-18)15-24-10-12-25(13-11-24)23(17-28)26-21(16-27)14-20-4-2-3-5-22(20)26/h2-9,17,21,23,27H,10-16H2,1H3/t21-,23?/m0/s1. The molecule has 0 saturated carbocycles. The summed E-state index contributed by atoms with van der Waals surface area (Å²) in [6, 6.07) is 16.9. The maximum atomic E-state index is 12.1. The van der Waals surface area contributed by atoms with Crippen LogP contribution in [0.1, 0.15) is 16.7 Å². The molecular formula is C23H29N3O2. The van der Waals surface area contributed by atoms with Crippen LogP contribution in [-0.4, -0.2) is 66.2 Å². The van der Waals surface area contributed by atoms with E-state index in [4.69, 9.17) is 0 Å². The number of nitrogens with zero attached hydrogens (tertiary/aromatic N) is 3. The summed E-state index contributed by atoms with van der Waals surface area (Å²) >= 11 is 0. The molecule has 148 valence electrons. The number of carbonyl (C=O) groups excluding carboxylic acids is 1. The Morgan fingerprint density at radius 1 is 1.07 bits per heavy atom. The van der Waals surface area contributed by atoms with Crippen LogP contribution in [-0.2, 0) is 17.8 Å². The average Bonchev–Trinajstić information content (AvgIpc) is 3.10. The Balaban J connectivity index is 1.42. The molecule has 0 radical (unpaired) electrons. The number of hydrogen-bond donors (Lipinski definition) is 1. The highest BCUT2D eigenvalue weighted by Gasteiger charge is 2.37. The van der Waals surface area contributed by atoms with Crippen LogP contribution >= 0.6 is 0 Å². The number of piperazine rings is 1. The number of aliphatic hydroxyl groups is 1. The maximum Gasteiger partial charge on any atom is 0.157 e. The highest BCUT2D eigenvalue weighted by molar-refractivity contribution is 5.70. The molecule has 5 nitrogen and oxygen atoms in total. The van der Waals surface area contributed by atoms with Crippen molar-refractivity contribution in [3.63, 3.8) is 0 Å². The van der Waals surface area contributed by atoms with E-state index in [1.165, 1.54) is 16.7 Å². The molecule has 5 heteroatoms. The van der Waals surface area contributed by atoms with Gasteiger partial charge in [0.2, 0.25) is 0 Å². The van der Waals surface area contributed by atoms with E-state index in [-0.39, 0.29) is 18.8 Å². The van der Waals surface area contributed by atoms with E-state index in [0.29, 0.717) is 0 Å². The minimum atomic E-state index is -0.317. The van der Waals surface area contributed by atoms with Crippen molar-refractivity contribution in [3.05, 3.63) is 65.2 Å². The largest absolute Gasteiger partial charge is 0.394 e. The second kappa shape index (κ2) is 8.43. The Bertz CT molecular complexity index is 800. The van der Waals surface area contributed by atoms with Gasteiger partial charge in [-0.2, -0.15) is 0 Å². The number of aliphatic hydroxyl groups excluding tert-OH is 1. The Hall–Kier alpha value is -2.21. The highest BCUT2D eigenvalue weighted by atomic mass is 16.3. The van der Waals surface area contributed by atoms with Gasteiger partial charge >= 0.3 is 0 Å². The van der Waals surface area contributed by atoms with Crippen LogP contribution in [0.4, 0.5) is 5.69 Å². The van der Waals surface area contributed by atoms with E-state index in [9.17, 15) is 9.90 Å². The SMILES string of the molecule is Cc1ccc(CN2CCN(C(C=O)N3c4ccccc4C[C@H]3CO)CC2)cc1. The van der Waals surface area contributed by atoms with Gasteiger partial charge in [-0.05, 0) is 30.5 Å². The van der Waals surface area contributed by atoms with Gasteiger partial charge in [0.1, 0.15) is 6.17 Å². The summed E-state index contributed by atoms with van der Waals surface area (Å²) < 4.78 is 0. The molecule has 2 aliphatic heterocycles. The summed E-state index contributed by atoms with van der Waals surface area (Å²) in [5.74, 6) is 0. The molecule has 28 heavy (non-hydrogen) atoms. The van der Waals surface area contributed by atoms with Crippen molar-refractivity contribution in [1.29, 1.82) is 0 Å². The summed E-state index contributed by atoms with van der Waals surface area (Å²) in [7, 11) is 0. The first kappa shape index (κ1) is 19.1. The number of carbonyl (C=O) groups is 1. The lowest BCUT2D eigenvalue weighted by Crippen LogP contribution is -2.58. The maximum absolute atomic E-state index is 12.1. The van der Waals surface area contributed by atoms with Crippen molar-refractivity contribution in [2.75, 3.05) is 37.7 Å². The number of aldehydes is 1. The fourth-order valence-electron chi connectivity index (χ4n) is 4.46. The molecule has 2 aliphatic rings. The first-order valence-electron chi connectivity index (χ1n) is 10.1. The van der Waals surface area contributed by atoms with Gasteiger partial charge < -0.3 is 10.0 Å². The Kier molecular flexibility index (Phi) is 5.76. The van der Waals surface area contributed by atoms with Gasteiger partial charge in [0, 0.05) is 38.4 Å². The topological polar surface area (TPSA) is 47.0 Å². The fraction of sp³-hybridized carbons (Fsp3) is 0.435. The lowest BCUT2D eigenvalue weighted by atomic mass is 10.1. The summed E-state index contributed by atoms with van der Waals surface area (Å²) in [6.07, 6.45) is 1.52. The summed E-state index contributed by atoms with van der Waals surface area (Å²) in [5.41, 5.74) is 4.92. The lowest BCUT2D eigenvalue weighted by molar-refractivity contribution is -0.113. The van der Waals surface area contributed by atoms with E-state index in [1.54, 1.807) is 0 Å². The van der Waals surface area contributed by atoms with Gasteiger partial charge in [-0.15, -0.1) is 0 Å². The molecule has 1 unspecified atom stereocenters. The quantitative estimate of drug-likeness (QED) is 0.779. The van der Waals surface area contributed by atoms with Crippen LogP contribution in [0, 0.1) is 6.92 Å². The van der Waals surface area contributed by atoms with Gasteiger partial charge in [0.05, 0.1) is 12.6 Å². The first-order chi connectivity index (χ1) is 13.7. The minimum Gasteiger partial charge on any atom is -0.394 e. The first-order valence-corrected chi connectivity index (χ1v) is 10.1. The zero-order chi connectivity index (χ0) is 19.5. The molecule has 1 fully saturated rings. The Morgan fingerprint density at radius 2 is 1.79 bits per heavy atom. The Labute approximate surface area is 167 Å². The Morgan fingerprint density at radius 3 is 2.46 bits per heavy atom. The average molecular weight is 380 g/mol. The molecule has 1 saturated heterocycles. The molecule has 0 aromatic heterocycles. The molecule has 2 heterocycles. The molecule has 0 amide bonds. The summed E-state index contributed by atoms with van der Waals surface area (Å²) in [5, 5.41) is 9.89. The smallest absolute Gasteiger partial charge is 0.157 e. The van der Waals surface area contributed by atoms with Crippen LogP contribution in [0.5, 0.6) is 0 Å². The van der Waals surface area contributed by atoms with Crippen LogP contribution < -0.4 is 4.90 Å². The normalized spacial score (nSPS) is 21.5. The molecular weight excluding hydrogens is 350 g/mol. The monoisotopic (exact) mass is 379 g/mol. The molecule has 0 aliphatic carbocycles. The second-order valence-electron chi connectivity index (χ2n) is 7.92. The third-order valence-corrected chi connectivity index (χ3v) is 6.04. The predicted molar refractivity (Wildman–Crippen MR) is 111 cm³/mol. The van der Waals surface area contributed by atoms with E-state index >= 15 is 0 Å². The molecule has 2 aromatic rings. The van der Waals surface area contributed by atoms with Gasteiger partial charge in [0.25, 0.3) is 0 Å². The van der Waals surface area contributed by atoms with E-state index in [2.05, 4.69) is 58.0 Å². The lowest BCUT2D eigenvalue weighted by Gasteiger charge is -2.43. The number of para-hydroxylation sites is 1. The zero-order valence-electron chi connectivity index (χ0n) is 16.5. The molecule has 0 spiro atoms. The van der Waals surface area contributed by atoms with Crippen LogP contribution in [0.15, 0.2) is 48.5 Å². The van der Waals surface area contributed by atoms with Crippen LogP contribution in [0.3, 0.4) is 0 Å². The van der Waals surface area contributed by atoms with Crippen molar-refractivity contribution in [2.45, 2.75) is 32.1 Å². The number of anilines is 1. The van der Waals surface area contributed by atoms with Crippen molar-refractivity contribution in [3.8, 4) is 0 Å². The third-order valence-electron chi connectivity index (χ3n) is 6.04.